The number of rotatable bonds is 2. The third kappa shape index (κ3) is 2.21. The van der Waals surface area contributed by atoms with Gasteiger partial charge in [0.15, 0.2) is 0 Å². The third-order valence-electron chi connectivity index (χ3n) is 4.74. The zero-order valence-corrected chi connectivity index (χ0v) is 12.4. The van der Waals surface area contributed by atoms with Crippen LogP contribution in [0.4, 0.5) is 0 Å². The maximum absolute atomic E-state index is 12.6. The standard InChI is InChI=1S/C15H17ClN4O/c16-20(14-9-18-6-3-11(14)4-7-18)15(21)13-8-12-2-1-5-19(12)10-17-13/h1-2,5,8,10-11,14H,3-4,6-7,9H2/t14-/m0/s1. The summed E-state index contributed by atoms with van der Waals surface area (Å²) < 4.78 is 3.27. The first-order valence-corrected chi connectivity index (χ1v) is 7.70. The van der Waals surface area contributed by atoms with Crippen LogP contribution in [-0.2, 0) is 0 Å². The van der Waals surface area contributed by atoms with Crippen LogP contribution >= 0.6 is 11.8 Å². The SMILES string of the molecule is O=C(c1cc2cccn2cn1)N(Cl)[C@H]1CN2CCC1CC2. The number of aromatic nitrogens is 2. The fourth-order valence-corrected chi connectivity index (χ4v) is 3.81. The number of hydrogen-bond donors (Lipinski definition) is 0. The molecule has 0 saturated carbocycles. The van der Waals surface area contributed by atoms with Gasteiger partial charge in [0.25, 0.3) is 5.91 Å². The Morgan fingerprint density at radius 1 is 1.38 bits per heavy atom. The largest absolute Gasteiger partial charge is 0.308 e. The molecule has 3 saturated heterocycles. The summed E-state index contributed by atoms with van der Waals surface area (Å²) in [6, 6.07) is 5.77. The number of fused-ring (bicyclic) bond motifs is 4. The Balaban J connectivity index is 1.58. The van der Waals surface area contributed by atoms with Gasteiger partial charge in [0.05, 0.1) is 12.4 Å². The molecule has 0 spiro atoms. The Labute approximate surface area is 128 Å². The van der Waals surface area contributed by atoms with Crippen LogP contribution < -0.4 is 0 Å². The summed E-state index contributed by atoms with van der Waals surface area (Å²) in [7, 11) is 0. The van der Waals surface area contributed by atoms with E-state index in [1.54, 1.807) is 12.4 Å². The molecule has 5 rings (SSSR count). The number of hydrogen-bond acceptors (Lipinski definition) is 3. The fraction of sp³-hybridized carbons (Fsp3) is 0.467. The smallest absolute Gasteiger partial charge is 0.287 e. The molecule has 21 heavy (non-hydrogen) atoms. The van der Waals surface area contributed by atoms with E-state index < -0.39 is 0 Å². The van der Waals surface area contributed by atoms with E-state index >= 15 is 0 Å². The number of halogens is 1. The predicted octanol–water partition coefficient (Wildman–Crippen LogP) is 2.02. The van der Waals surface area contributed by atoms with E-state index in [4.69, 9.17) is 11.8 Å². The van der Waals surface area contributed by atoms with E-state index in [1.807, 2.05) is 22.7 Å². The molecule has 2 aromatic heterocycles. The molecular weight excluding hydrogens is 288 g/mol. The maximum Gasteiger partial charge on any atom is 0.287 e. The van der Waals surface area contributed by atoms with Gasteiger partial charge in [0.2, 0.25) is 0 Å². The zero-order chi connectivity index (χ0) is 14.4. The molecule has 6 heteroatoms. The van der Waals surface area contributed by atoms with Crippen molar-refractivity contribution in [2.75, 3.05) is 19.6 Å². The van der Waals surface area contributed by atoms with Crippen LogP contribution in [0.5, 0.6) is 0 Å². The first-order valence-electron chi connectivity index (χ1n) is 7.37. The topological polar surface area (TPSA) is 40.9 Å². The van der Waals surface area contributed by atoms with Crippen LogP contribution in [0, 0.1) is 5.92 Å². The molecule has 3 fully saturated rings. The van der Waals surface area contributed by atoms with Gasteiger partial charge in [0.1, 0.15) is 5.69 Å². The second-order valence-corrected chi connectivity index (χ2v) is 6.30. The van der Waals surface area contributed by atoms with Gasteiger partial charge in [-0.2, -0.15) is 0 Å². The molecule has 0 aliphatic carbocycles. The van der Waals surface area contributed by atoms with Gasteiger partial charge in [0, 0.05) is 30.0 Å². The van der Waals surface area contributed by atoms with Gasteiger partial charge >= 0.3 is 0 Å². The van der Waals surface area contributed by atoms with Gasteiger partial charge in [-0.15, -0.1) is 0 Å². The number of nitrogens with zero attached hydrogens (tertiary/aromatic N) is 4. The highest BCUT2D eigenvalue weighted by Crippen LogP contribution is 2.32. The van der Waals surface area contributed by atoms with Gasteiger partial charge in [-0.3, -0.25) is 4.79 Å². The second kappa shape index (κ2) is 5.00. The number of carbonyl (C=O) groups excluding carboxylic acids is 1. The van der Waals surface area contributed by atoms with Crippen LogP contribution in [0.25, 0.3) is 5.52 Å². The Hall–Kier alpha value is -1.59. The average Bonchev–Trinajstić information content (AvgIpc) is 3.02. The Kier molecular flexibility index (Phi) is 3.12. The van der Waals surface area contributed by atoms with Crippen molar-refractivity contribution in [3.63, 3.8) is 0 Å². The van der Waals surface area contributed by atoms with Crippen molar-refractivity contribution in [3.8, 4) is 0 Å². The number of amides is 1. The molecule has 2 bridgehead atoms. The summed E-state index contributed by atoms with van der Waals surface area (Å²) in [5.41, 5.74) is 1.36. The summed E-state index contributed by atoms with van der Waals surface area (Å²) >= 11 is 6.37. The third-order valence-corrected chi connectivity index (χ3v) is 5.15. The normalized spacial score (nSPS) is 28.0. The van der Waals surface area contributed by atoms with Crippen molar-refractivity contribution in [2.24, 2.45) is 5.92 Å². The highest BCUT2D eigenvalue weighted by molar-refractivity contribution is 6.24. The Morgan fingerprint density at radius 2 is 2.19 bits per heavy atom. The molecule has 5 nitrogen and oxygen atoms in total. The first-order chi connectivity index (χ1) is 10.2. The molecule has 0 N–H and O–H groups in total. The second-order valence-electron chi connectivity index (χ2n) is 5.94. The van der Waals surface area contributed by atoms with E-state index in [0.29, 0.717) is 11.6 Å². The Morgan fingerprint density at radius 3 is 2.90 bits per heavy atom. The minimum atomic E-state index is -0.195. The summed E-state index contributed by atoms with van der Waals surface area (Å²) in [4.78, 5) is 19.2. The highest BCUT2D eigenvalue weighted by atomic mass is 35.5. The fourth-order valence-electron chi connectivity index (χ4n) is 3.50. The highest BCUT2D eigenvalue weighted by Gasteiger charge is 2.39. The van der Waals surface area contributed by atoms with E-state index in [0.717, 1.165) is 38.0 Å². The minimum Gasteiger partial charge on any atom is -0.308 e. The van der Waals surface area contributed by atoms with Crippen LogP contribution in [0.1, 0.15) is 23.3 Å². The van der Waals surface area contributed by atoms with Crippen LogP contribution in [-0.4, -0.2) is 50.3 Å². The summed E-state index contributed by atoms with van der Waals surface area (Å²) in [5.74, 6) is 0.326. The molecule has 1 amide bonds. The maximum atomic E-state index is 12.6. The van der Waals surface area contributed by atoms with Crippen LogP contribution in [0.15, 0.2) is 30.7 Å². The van der Waals surface area contributed by atoms with E-state index in [9.17, 15) is 4.79 Å². The molecule has 110 valence electrons. The summed E-state index contributed by atoms with van der Waals surface area (Å²) in [6.45, 7) is 3.15. The summed E-state index contributed by atoms with van der Waals surface area (Å²) in [5, 5.41) is 0. The van der Waals surface area contributed by atoms with Gasteiger partial charge in [-0.1, -0.05) is 0 Å². The predicted molar refractivity (Wildman–Crippen MR) is 80.2 cm³/mol. The molecule has 3 aliphatic rings. The van der Waals surface area contributed by atoms with Crippen molar-refractivity contribution in [2.45, 2.75) is 18.9 Å². The van der Waals surface area contributed by atoms with Gasteiger partial charge < -0.3 is 9.30 Å². The van der Waals surface area contributed by atoms with Crippen LogP contribution in [0.2, 0.25) is 0 Å². The Bertz CT molecular complexity index is 677. The summed E-state index contributed by atoms with van der Waals surface area (Å²) in [6.07, 6.45) is 5.82. The molecule has 1 atom stereocenters. The molecule has 0 radical (unpaired) electrons. The molecular formula is C15H17ClN4O. The monoisotopic (exact) mass is 304 g/mol. The molecule has 3 aliphatic heterocycles. The lowest BCUT2D eigenvalue weighted by Gasteiger charge is -2.46. The van der Waals surface area contributed by atoms with Crippen molar-refractivity contribution in [1.82, 2.24) is 18.7 Å². The van der Waals surface area contributed by atoms with Gasteiger partial charge in [-0.25, -0.2) is 9.40 Å². The number of piperidine rings is 3. The van der Waals surface area contributed by atoms with E-state index in [1.165, 1.54) is 4.42 Å². The van der Waals surface area contributed by atoms with E-state index in [2.05, 4.69) is 9.88 Å². The molecule has 0 aromatic carbocycles. The quantitative estimate of drug-likeness (QED) is 0.797. The molecule has 0 unspecified atom stereocenters. The van der Waals surface area contributed by atoms with Crippen molar-refractivity contribution in [1.29, 1.82) is 0 Å². The lowest BCUT2D eigenvalue weighted by atomic mass is 9.84. The van der Waals surface area contributed by atoms with Crippen molar-refractivity contribution < 1.29 is 4.79 Å². The van der Waals surface area contributed by atoms with Crippen molar-refractivity contribution >= 4 is 23.2 Å². The average molecular weight is 305 g/mol. The zero-order valence-electron chi connectivity index (χ0n) is 11.7. The van der Waals surface area contributed by atoms with Crippen molar-refractivity contribution in [3.05, 3.63) is 36.4 Å². The molecule has 5 heterocycles. The minimum absolute atomic E-state index is 0.103. The first kappa shape index (κ1) is 13.1. The lowest BCUT2D eigenvalue weighted by molar-refractivity contribution is 0.0338. The van der Waals surface area contributed by atoms with E-state index in [-0.39, 0.29) is 11.9 Å². The van der Waals surface area contributed by atoms with Gasteiger partial charge in [-0.05, 0) is 50.0 Å². The molecule has 2 aromatic rings. The lowest BCUT2D eigenvalue weighted by Crippen LogP contribution is -2.56. The number of carbonyl (C=O) groups is 1. The van der Waals surface area contributed by atoms with Crippen LogP contribution in [0.3, 0.4) is 0 Å².